The fourth-order valence-corrected chi connectivity index (χ4v) is 2.27. The molecule has 114 valence electrons. The van der Waals surface area contributed by atoms with Gasteiger partial charge in [0.2, 0.25) is 0 Å². The van der Waals surface area contributed by atoms with E-state index in [4.69, 9.17) is 4.74 Å². The third-order valence-electron chi connectivity index (χ3n) is 3.31. The second-order valence-corrected chi connectivity index (χ2v) is 4.97. The van der Waals surface area contributed by atoms with Crippen LogP contribution in [0.3, 0.4) is 0 Å². The van der Waals surface area contributed by atoms with E-state index >= 15 is 0 Å². The average molecular weight is 298 g/mol. The summed E-state index contributed by atoms with van der Waals surface area (Å²) in [5, 5.41) is 12.8. The Bertz CT molecular complexity index is 756. The van der Waals surface area contributed by atoms with Crippen LogP contribution in [-0.4, -0.2) is 46.0 Å². The van der Waals surface area contributed by atoms with Crippen molar-refractivity contribution in [1.29, 1.82) is 0 Å². The highest BCUT2D eigenvalue weighted by molar-refractivity contribution is 5.76. The monoisotopic (exact) mass is 298 g/mol. The van der Waals surface area contributed by atoms with Crippen molar-refractivity contribution >= 4 is 16.9 Å². The maximum Gasteiger partial charge on any atom is 0.140 e. The number of rotatable bonds is 6. The molecule has 0 fully saturated rings. The molecular weight excluding hydrogens is 280 g/mol. The number of aromatic nitrogens is 3. The lowest BCUT2D eigenvalue weighted by Gasteiger charge is -2.12. The van der Waals surface area contributed by atoms with E-state index in [9.17, 15) is 5.11 Å². The number of hydrogen-bond acceptors (Lipinski definition) is 5. The highest BCUT2D eigenvalue weighted by Gasteiger charge is 2.07. The number of para-hydroxylation sites is 2. The third-order valence-corrected chi connectivity index (χ3v) is 3.31. The molecule has 0 amide bonds. The Balaban J connectivity index is 1.82. The number of hydrogen-bond donors (Lipinski definition) is 2. The summed E-state index contributed by atoms with van der Waals surface area (Å²) in [6.07, 6.45) is 1.20. The van der Waals surface area contributed by atoms with E-state index in [1.807, 2.05) is 47.0 Å². The minimum absolute atomic E-state index is 0.291. The normalized spacial score (nSPS) is 12.5. The van der Waals surface area contributed by atoms with Crippen LogP contribution in [0.15, 0.2) is 48.8 Å². The molecule has 2 aromatic heterocycles. The molecular formula is C16H18N4O2. The number of nitrogens with one attached hydrogen (secondary N) is 1. The first-order chi connectivity index (χ1) is 10.8. The lowest BCUT2D eigenvalue weighted by molar-refractivity contribution is 0.0727. The Kier molecular flexibility index (Phi) is 4.32. The van der Waals surface area contributed by atoms with Crippen molar-refractivity contribution in [2.75, 3.05) is 25.6 Å². The first kappa shape index (κ1) is 14.5. The summed E-state index contributed by atoms with van der Waals surface area (Å²) >= 11 is 0. The lowest BCUT2D eigenvalue weighted by atomic mass is 10.3. The molecule has 0 spiro atoms. The number of methoxy groups -OCH3 is 1. The molecule has 0 radical (unpaired) electrons. The second kappa shape index (κ2) is 6.55. The number of imidazole rings is 1. The predicted molar refractivity (Wildman–Crippen MR) is 85.2 cm³/mol. The van der Waals surface area contributed by atoms with Crippen LogP contribution in [-0.2, 0) is 4.74 Å². The van der Waals surface area contributed by atoms with E-state index in [2.05, 4.69) is 15.3 Å². The van der Waals surface area contributed by atoms with Gasteiger partial charge < -0.3 is 15.2 Å². The molecule has 0 aliphatic heterocycles. The van der Waals surface area contributed by atoms with Gasteiger partial charge in [-0.2, -0.15) is 0 Å². The summed E-state index contributed by atoms with van der Waals surface area (Å²) in [5.41, 5.74) is 1.93. The van der Waals surface area contributed by atoms with Crippen molar-refractivity contribution in [2.45, 2.75) is 6.10 Å². The van der Waals surface area contributed by atoms with Gasteiger partial charge in [-0.3, -0.25) is 4.57 Å². The second-order valence-electron chi connectivity index (χ2n) is 4.97. The van der Waals surface area contributed by atoms with Gasteiger partial charge in [-0.15, -0.1) is 0 Å². The Hall–Kier alpha value is -2.44. The van der Waals surface area contributed by atoms with Gasteiger partial charge in [0, 0.05) is 13.7 Å². The average Bonchev–Trinajstić information content (AvgIpc) is 2.98. The van der Waals surface area contributed by atoms with Gasteiger partial charge >= 0.3 is 0 Å². The van der Waals surface area contributed by atoms with E-state index in [1.165, 1.54) is 0 Å². The highest BCUT2D eigenvalue weighted by atomic mass is 16.5. The molecule has 2 heterocycles. The van der Waals surface area contributed by atoms with Gasteiger partial charge in [0.15, 0.2) is 0 Å². The standard InChI is InChI=1S/C16H18N4O2/c1-22-10-12(21)9-17-15-7-4-8-16(19-15)20-11-18-13-5-2-3-6-14(13)20/h2-8,11-12,21H,9-10H2,1H3,(H,17,19)/t12-/m1/s1. The van der Waals surface area contributed by atoms with Gasteiger partial charge in [-0.05, 0) is 24.3 Å². The van der Waals surface area contributed by atoms with E-state index in [0.29, 0.717) is 19.0 Å². The molecule has 0 aliphatic rings. The zero-order valence-electron chi connectivity index (χ0n) is 12.3. The molecule has 2 N–H and O–H groups in total. The fourth-order valence-electron chi connectivity index (χ4n) is 2.27. The number of aliphatic hydroxyl groups is 1. The largest absolute Gasteiger partial charge is 0.389 e. The Morgan fingerprint density at radius 2 is 2.09 bits per heavy atom. The van der Waals surface area contributed by atoms with E-state index in [1.54, 1.807) is 13.4 Å². The maximum atomic E-state index is 9.67. The summed E-state index contributed by atoms with van der Waals surface area (Å²) in [6.45, 7) is 0.674. The van der Waals surface area contributed by atoms with Crippen LogP contribution < -0.4 is 5.32 Å². The van der Waals surface area contributed by atoms with Gasteiger partial charge in [0.25, 0.3) is 0 Å². The van der Waals surface area contributed by atoms with Crippen molar-refractivity contribution < 1.29 is 9.84 Å². The quantitative estimate of drug-likeness (QED) is 0.726. The minimum atomic E-state index is -0.565. The first-order valence-corrected chi connectivity index (χ1v) is 7.08. The number of ether oxygens (including phenoxy) is 1. The number of aliphatic hydroxyl groups excluding tert-OH is 1. The molecule has 22 heavy (non-hydrogen) atoms. The summed E-state index contributed by atoms with van der Waals surface area (Å²) in [5.74, 6) is 1.48. The molecule has 6 nitrogen and oxygen atoms in total. The SMILES string of the molecule is COC[C@H](O)CNc1cccc(-n2cnc3ccccc32)n1. The van der Waals surface area contributed by atoms with Crippen LogP contribution in [0.1, 0.15) is 0 Å². The summed E-state index contributed by atoms with van der Waals surface area (Å²) in [7, 11) is 1.56. The molecule has 1 atom stereocenters. The molecule has 0 unspecified atom stereocenters. The van der Waals surface area contributed by atoms with E-state index in [0.717, 1.165) is 16.9 Å². The van der Waals surface area contributed by atoms with Crippen LogP contribution in [0.5, 0.6) is 0 Å². The lowest BCUT2D eigenvalue weighted by Crippen LogP contribution is -2.24. The van der Waals surface area contributed by atoms with Crippen LogP contribution in [0.25, 0.3) is 16.9 Å². The molecule has 1 aromatic carbocycles. The first-order valence-electron chi connectivity index (χ1n) is 7.08. The number of benzene rings is 1. The van der Waals surface area contributed by atoms with Crippen LogP contribution in [0.4, 0.5) is 5.82 Å². The fraction of sp³-hybridized carbons (Fsp3) is 0.250. The van der Waals surface area contributed by atoms with Crippen molar-refractivity contribution in [1.82, 2.24) is 14.5 Å². The maximum absolute atomic E-state index is 9.67. The molecule has 0 bridgehead atoms. The number of pyridine rings is 1. The predicted octanol–water partition coefficient (Wildman–Crippen LogP) is 1.84. The van der Waals surface area contributed by atoms with E-state index < -0.39 is 6.10 Å². The summed E-state index contributed by atoms with van der Waals surface area (Å²) in [4.78, 5) is 8.93. The number of nitrogens with zero attached hydrogens (tertiary/aromatic N) is 3. The van der Waals surface area contributed by atoms with Gasteiger partial charge in [-0.25, -0.2) is 9.97 Å². The molecule has 0 saturated heterocycles. The molecule has 6 heteroatoms. The zero-order valence-corrected chi connectivity index (χ0v) is 12.3. The summed E-state index contributed by atoms with van der Waals surface area (Å²) < 4.78 is 6.84. The zero-order chi connectivity index (χ0) is 15.4. The Labute approximate surface area is 128 Å². The van der Waals surface area contributed by atoms with Gasteiger partial charge in [0.1, 0.15) is 18.0 Å². The highest BCUT2D eigenvalue weighted by Crippen LogP contribution is 2.17. The molecule has 0 saturated carbocycles. The Morgan fingerprint density at radius 1 is 1.23 bits per heavy atom. The van der Waals surface area contributed by atoms with E-state index in [-0.39, 0.29) is 0 Å². The van der Waals surface area contributed by atoms with Crippen LogP contribution >= 0.6 is 0 Å². The molecule has 0 aliphatic carbocycles. The molecule has 3 rings (SSSR count). The van der Waals surface area contributed by atoms with Crippen molar-refractivity contribution in [3.63, 3.8) is 0 Å². The van der Waals surface area contributed by atoms with Gasteiger partial charge in [0.05, 0.1) is 23.7 Å². The van der Waals surface area contributed by atoms with Crippen LogP contribution in [0.2, 0.25) is 0 Å². The topological polar surface area (TPSA) is 72.2 Å². The smallest absolute Gasteiger partial charge is 0.140 e. The summed E-state index contributed by atoms with van der Waals surface area (Å²) in [6, 6.07) is 13.6. The third kappa shape index (κ3) is 3.08. The number of anilines is 1. The van der Waals surface area contributed by atoms with Crippen molar-refractivity contribution in [2.24, 2.45) is 0 Å². The van der Waals surface area contributed by atoms with Crippen molar-refractivity contribution in [3.8, 4) is 5.82 Å². The van der Waals surface area contributed by atoms with Crippen molar-refractivity contribution in [3.05, 3.63) is 48.8 Å². The minimum Gasteiger partial charge on any atom is -0.389 e. The van der Waals surface area contributed by atoms with Gasteiger partial charge in [-0.1, -0.05) is 18.2 Å². The van der Waals surface area contributed by atoms with Crippen LogP contribution in [0, 0.1) is 0 Å². The number of fused-ring (bicyclic) bond motifs is 1. The molecule has 3 aromatic rings. The Morgan fingerprint density at radius 3 is 2.95 bits per heavy atom.